The monoisotopic (exact) mass is 451 g/mol. The van der Waals surface area contributed by atoms with Gasteiger partial charge >= 0.3 is 24.5 Å². The number of carbonyl (C=O) groups excluding carboxylic acids is 3. The molecule has 1 aliphatic heterocycles. The van der Waals surface area contributed by atoms with E-state index >= 15 is 0 Å². The minimum absolute atomic E-state index is 0.0658. The molecule has 10 heteroatoms. The molecule has 1 aliphatic rings. The topological polar surface area (TPSA) is 130 Å². The smallest absolute Gasteiger partial charge is 0.408 e. The first kappa shape index (κ1) is 25.0. The van der Waals surface area contributed by atoms with E-state index in [1.165, 1.54) is 0 Å². The molecule has 0 saturated heterocycles. The summed E-state index contributed by atoms with van der Waals surface area (Å²) < 4.78 is 25.4. The number of ether oxygens (including phenoxy) is 5. The van der Waals surface area contributed by atoms with Gasteiger partial charge in [0, 0.05) is 6.42 Å². The summed E-state index contributed by atoms with van der Waals surface area (Å²) in [6.07, 6.45) is -1.03. The van der Waals surface area contributed by atoms with Crippen molar-refractivity contribution < 1.29 is 43.2 Å². The van der Waals surface area contributed by atoms with E-state index in [2.05, 4.69) is 5.32 Å². The van der Waals surface area contributed by atoms with Gasteiger partial charge in [-0.3, -0.25) is 4.79 Å². The summed E-state index contributed by atoms with van der Waals surface area (Å²) in [5.74, 6) is -0.931. The molecule has 10 nitrogen and oxygen atoms in total. The second kappa shape index (κ2) is 11.4. The Labute approximate surface area is 186 Å². The van der Waals surface area contributed by atoms with Gasteiger partial charge in [0.25, 0.3) is 0 Å². The van der Waals surface area contributed by atoms with E-state index in [9.17, 15) is 19.5 Å². The number of carbonyl (C=O) groups is 3. The standard InChI is InChI=1S/C22H29NO9/c1-14-17(31-21(27)30-14)13-29-19(25)16(23-20(26)32-22(2,3)4)10-11-18(24)28-12-15-8-6-5-7-9-15/h5-9,16,21,27H,10-13H2,1-4H3,(H,23,26)/t16-,21?/m0/s1. The highest BCUT2D eigenvalue weighted by Crippen LogP contribution is 2.20. The third kappa shape index (κ3) is 8.84. The summed E-state index contributed by atoms with van der Waals surface area (Å²) in [5, 5.41) is 11.7. The lowest BCUT2D eigenvalue weighted by Crippen LogP contribution is -2.44. The molecule has 0 saturated carbocycles. The summed E-state index contributed by atoms with van der Waals surface area (Å²) >= 11 is 0. The molecule has 0 fully saturated rings. The quantitative estimate of drug-likeness (QED) is 0.430. The molecular formula is C22H29NO9. The van der Waals surface area contributed by atoms with Crippen LogP contribution in [0.4, 0.5) is 4.79 Å². The second-order valence-corrected chi connectivity index (χ2v) is 8.01. The van der Waals surface area contributed by atoms with Crippen LogP contribution in [-0.2, 0) is 39.9 Å². The zero-order chi connectivity index (χ0) is 23.7. The SMILES string of the molecule is CC1=C(COC(=O)[C@H](CCC(=O)OCc2ccccc2)NC(=O)OC(C)(C)C)OC(O)O1. The normalized spacial score (nSPS) is 16.5. The van der Waals surface area contributed by atoms with Gasteiger partial charge in [-0.05, 0) is 39.7 Å². The maximum Gasteiger partial charge on any atom is 0.408 e. The highest BCUT2D eigenvalue weighted by atomic mass is 16.8. The minimum atomic E-state index is -1.46. The van der Waals surface area contributed by atoms with Crippen LogP contribution in [0.3, 0.4) is 0 Å². The number of alkyl carbamates (subject to hydrolysis) is 1. The zero-order valence-corrected chi connectivity index (χ0v) is 18.6. The Morgan fingerprint density at radius 2 is 1.78 bits per heavy atom. The van der Waals surface area contributed by atoms with E-state index in [1.807, 2.05) is 30.3 Å². The Kier molecular flexibility index (Phi) is 8.89. The van der Waals surface area contributed by atoms with Gasteiger partial charge in [-0.1, -0.05) is 30.3 Å². The van der Waals surface area contributed by atoms with Crippen LogP contribution < -0.4 is 5.32 Å². The Bertz CT molecular complexity index is 830. The van der Waals surface area contributed by atoms with Crippen molar-refractivity contribution in [2.75, 3.05) is 6.61 Å². The summed E-state index contributed by atoms with van der Waals surface area (Å²) in [4.78, 5) is 36.8. The van der Waals surface area contributed by atoms with Crippen molar-refractivity contribution in [3.63, 3.8) is 0 Å². The van der Waals surface area contributed by atoms with E-state index in [-0.39, 0.29) is 37.6 Å². The van der Waals surface area contributed by atoms with E-state index in [0.717, 1.165) is 5.56 Å². The molecule has 1 heterocycles. The Morgan fingerprint density at radius 1 is 1.09 bits per heavy atom. The van der Waals surface area contributed by atoms with Crippen molar-refractivity contribution in [2.24, 2.45) is 0 Å². The molecular weight excluding hydrogens is 422 g/mol. The van der Waals surface area contributed by atoms with Gasteiger partial charge in [0.1, 0.15) is 24.0 Å². The van der Waals surface area contributed by atoms with Crippen LogP contribution in [0.1, 0.15) is 46.1 Å². The summed E-state index contributed by atoms with van der Waals surface area (Å²) in [6.45, 7) is 4.90. The second-order valence-electron chi connectivity index (χ2n) is 8.01. The molecule has 0 radical (unpaired) electrons. The lowest BCUT2D eigenvalue weighted by atomic mass is 10.1. The number of nitrogens with one attached hydrogen (secondary N) is 1. The number of benzene rings is 1. The number of amides is 1. The number of aliphatic hydroxyl groups excluding tert-OH is 1. The van der Waals surface area contributed by atoms with Crippen molar-refractivity contribution in [1.82, 2.24) is 5.32 Å². The molecule has 1 aromatic carbocycles. The zero-order valence-electron chi connectivity index (χ0n) is 18.6. The van der Waals surface area contributed by atoms with Crippen LogP contribution in [0.5, 0.6) is 0 Å². The molecule has 1 aromatic rings. The Morgan fingerprint density at radius 3 is 2.38 bits per heavy atom. The number of allylic oxidation sites excluding steroid dienone is 1. The predicted octanol–water partition coefficient (Wildman–Crippen LogP) is 2.50. The predicted molar refractivity (Wildman–Crippen MR) is 110 cm³/mol. The molecule has 0 aromatic heterocycles. The van der Waals surface area contributed by atoms with Crippen LogP contribution in [0.15, 0.2) is 41.9 Å². The number of rotatable bonds is 9. The molecule has 2 rings (SSSR count). The largest absolute Gasteiger partial charge is 0.461 e. The van der Waals surface area contributed by atoms with Crippen LogP contribution in [0, 0.1) is 0 Å². The number of hydrogen-bond donors (Lipinski definition) is 2. The molecule has 176 valence electrons. The van der Waals surface area contributed by atoms with Gasteiger partial charge in [0.05, 0.1) is 0 Å². The summed E-state index contributed by atoms with van der Waals surface area (Å²) in [5.41, 5.74) is 0.0496. The van der Waals surface area contributed by atoms with Gasteiger partial charge in [0.2, 0.25) is 0 Å². The first-order valence-corrected chi connectivity index (χ1v) is 10.1. The highest BCUT2D eigenvalue weighted by molar-refractivity contribution is 5.82. The highest BCUT2D eigenvalue weighted by Gasteiger charge is 2.29. The van der Waals surface area contributed by atoms with Crippen LogP contribution in [0.2, 0.25) is 0 Å². The van der Waals surface area contributed by atoms with Gasteiger partial charge in [0.15, 0.2) is 12.4 Å². The molecule has 1 unspecified atom stereocenters. The fourth-order valence-electron chi connectivity index (χ4n) is 2.59. The molecule has 2 N–H and O–H groups in total. The fraction of sp³-hybridized carbons (Fsp3) is 0.500. The number of esters is 2. The number of aliphatic hydroxyl groups is 1. The Balaban J connectivity index is 1.92. The van der Waals surface area contributed by atoms with Crippen LogP contribution >= 0.6 is 0 Å². The summed E-state index contributed by atoms with van der Waals surface area (Å²) in [6, 6.07) is 7.98. The van der Waals surface area contributed by atoms with Crippen molar-refractivity contribution in [2.45, 2.75) is 65.3 Å². The van der Waals surface area contributed by atoms with E-state index in [4.69, 9.17) is 23.7 Å². The van der Waals surface area contributed by atoms with Crippen molar-refractivity contribution in [3.05, 3.63) is 47.4 Å². The van der Waals surface area contributed by atoms with Gasteiger partial charge in [-0.15, -0.1) is 0 Å². The first-order valence-electron chi connectivity index (χ1n) is 10.1. The third-order valence-corrected chi connectivity index (χ3v) is 4.11. The van der Waals surface area contributed by atoms with Crippen molar-refractivity contribution in [1.29, 1.82) is 0 Å². The molecule has 0 bridgehead atoms. The average molecular weight is 451 g/mol. The molecule has 2 atom stereocenters. The third-order valence-electron chi connectivity index (χ3n) is 4.11. The van der Waals surface area contributed by atoms with Crippen LogP contribution in [0.25, 0.3) is 0 Å². The maximum atomic E-state index is 12.6. The molecule has 1 amide bonds. The van der Waals surface area contributed by atoms with Crippen molar-refractivity contribution >= 4 is 18.0 Å². The fourth-order valence-corrected chi connectivity index (χ4v) is 2.59. The summed E-state index contributed by atoms with van der Waals surface area (Å²) in [7, 11) is 0. The van der Waals surface area contributed by atoms with Gasteiger partial charge in [-0.2, -0.15) is 0 Å². The molecule has 0 spiro atoms. The number of hydrogen-bond acceptors (Lipinski definition) is 9. The van der Waals surface area contributed by atoms with Gasteiger partial charge in [-0.25, -0.2) is 9.59 Å². The van der Waals surface area contributed by atoms with E-state index in [0.29, 0.717) is 0 Å². The van der Waals surface area contributed by atoms with Crippen LogP contribution in [-0.4, -0.2) is 47.9 Å². The maximum absolute atomic E-state index is 12.6. The van der Waals surface area contributed by atoms with Gasteiger partial charge < -0.3 is 34.1 Å². The lowest BCUT2D eigenvalue weighted by Gasteiger charge is -2.23. The van der Waals surface area contributed by atoms with E-state index in [1.54, 1.807) is 27.7 Å². The van der Waals surface area contributed by atoms with Crippen molar-refractivity contribution in [3.8, 4) is 0 Å². The first-order chi connectivity index (χ1) is 15.0. The molecule has 0 aliphatic carbocycles. The Hall–Kier alpha value is -3.27. The van der Waals surface area contributed by atoms with E-state index < -0.39 is 36.2 Å². The molecule has 32 heavy (non-hydrogen) atoms. The minimum Gasteiger partial charge on any atom is -0.461 e. The lowest BCUT2D eigenvalue weighted by molar-refractivity contribution is -0.195. The average Bonchev–Trinajstić information content (AvgIpc) is 3.04.